The van der Waals surface area contributed by atoms with E-state index in [2.05, 4.69) is 56.7 Å². The molecule has 1 amide bonds. The first-order valence-corrected chi connectivity index (χ1v) is 16.0. The van der Waals surface area contributed by atoms with Crippen LogP contribution in [-0.2, 0) is 14.2 Å². The van der Waals surface area contributed by atoms with Crippen LogP contribution in [0, 0.1) is 11.9 Å². The first-order valence-electron chi connectivity index (χ1n) is 15.2. The number of nitrogens with zero attached hydrogens (tertiary/aromatic N) is 5. The predicted octanol–water partition coefficient (Wildman–Crippen LogP) is 5.63. The Kier molecular flexibility index (Phi) is 21.5. The fourth-order valence-corrected chi connectivity index (χ4v) is 3.64. The minimum atomic E-state index is -0.520. The molecule has 16 heteroatoms. The zero-order valence-electron chi connectivity index (χ0n) is 29.1. The van der Waals surface area contributed by atoms with Gasteiger partial charge in [0.25, 0.3) is 0 Å². The van der Waals surface area contributed by atoms with Crippen LogP contribution in [0.3, 0.4) is 0 Å². The number of aromatic nitrogens is 4. The van der Waals surface area contributed by atoms with Crippen molar-refractivity contribution in [3.63, 3.8) is 0 Å². The van der Waals surface area contributed by atoms with Crippen LogP contribution in [-0.4, -0.2) is 99.3 Å². The summed E-state index contributed by atoms with van der Waals surface area (Å²) >= 11 is 11.4. The Hall–Kier alpha value is -3.25. The number of ether oxygens (including phenoxy) is 2. The molecule has 0 radical (unpaired) electrons. The van der Waals surface area contributed by atoms with Crippen LogP contribution >= 0.6 is 23.2 Å². The third-order valence-electron chi connectivity index (χ3n) is 5.35. The molecule has 262 valence electrons. The van der Waals surface area contributed by atoms with Gasteiger partial charge in [-0.15, -0.1) is 0 Å². The average molecular weight is 698 g/mol. The summed E-state index contributed by atoms with van der Waals surface area (Å²) in [5, 5.41) is 17.6. The van der Waals surface area contributed by atoms with Crippen LogP contribution in [0.4, 0.5) is 16.4 Å². The number of hydrogen-bond acceptors (Lipinski definition) is 12. The van der Waals surface area contributed by atoms with E-state index in [1.54, 1.807) is 35.2 Å². The van der Waals surface area contributed by atoms with Crippen molar-refractivity contribution < 1.29 is 24.1 Å². The van der Waals surface area contributed by atoms with Crippen molar-refractivity contribution in [2.45, 2.75) is 91.8 Å². The van der Waals surface area contributed by atoms with E-state index < -0.39 is 5.60 Å². The fraction of sp³-hybridized carbons (Fsp3) is 0.645. The number of hydrogen-bond donors (Lipinski definition) is 4. The number of carbonyl (C=O) groups excluding carboxylic acids is 1. The third kappa shape index (κ3) is 25.5. The van der Waals surface area contributed by atoms with Crippen molar-refractivity contribution in [3.8, 4) is 11.9 Å². The van der Waals surface area contributed by atoms with E-state index in [0.717, 1.165) is 32.1 Å². The van der Waals surface area contributed by atoms with Crippen molar-refractivity contribution in [3.05, 3.63) is 35.1 Å². The van der Waals surface area contributed by atoms with Gasteiger partial charge in [0, 0.05) is 62.9 Å². The van der Waals surface area contributed by atoms with E-state index in [4.69, 9.17) is 42.5 Å². The fourth-order valence-electron chi connectivity index (χ4n) is 3.34. The van der Waals surface area contributed by atoms with E-state index in [1.807, 2.05) is 41.5 Å². The Bertz CT molecular complexity index is 1230. The number of nitrogens with one attached hydrogen (secondary N) is 3. The zero-order valence-corrected chi connectivity index (χ0v) is 30.6. The van der Waals surface area contributed by atoms with Gasteiger partial charge in [-0.25, -0.2) is 24.7 Å². The van der Waals surface area contributed by atoms with Crippen molar-refractivity contribution in [2.24, 2.45) is 0 Å². The number of aliphatic hydroxyl groups is 1. The summed E-state index contributed by atoms with van der Waals surface area (Å²) < 4.78 is 19.5. The Balaban J connectivity index is 0.000000719. The van der Waals surface area contributed by atoms with Crippen molar-refractivity contribution in [1.82, 2.24) is 30.2 Å². The van der Waals surface area contributed by atoms with Crippen LogP contribution in [0.15, 0.2) is 24.5 Å². The molecule has 3 heterocycles. The van der Waals surface area contributed by atoms with Crippen molar-refractivity contribution in [2.75, 3.05) is 50.0 Å². The second-order valence-electron chi connectivity index (χ2n) is 12.9. The Morgan fingerprint density at radius 2 is 1.45 bits per heavy atom. The van der Waals surface area contributed by atoms with Gasteiger partial charge in [0.1, 0.15) is 17.2 Å². The first kappa shape index (κ1) is 43.8. The first-order chi connectivity index (χ1) is 21.9. The van der Waals surface area contributed by atoms with Gasteiger partial charge in [0.15, 0.2) is 0 Å². The van der Waals surface area contributed by atoms with E-state index in [1.165, 1.54) is 18.9 Å². The molecule has 3 rings (SSSR count). The maximum absolute atomic E-state index is 12.3. The monoisotopic (exact) mass is 696 g/mol. The molecule has 1 aliphatic rings. The molecule has 1 saturated heterocycles. The van der Waals surface area contributed by atoms with Gasteiger partial charge in [-0.05, 0) is 110 Å². The van der Waals surface area contributed by atoms with Gasteiger partial charge >= 0.3 is 35.0 Å². The van der Waals surface area contributed by atoms with E-state index in [0.29, 0.717) is 26.1 Å². The Morgan fingerprint density at radius 3 is 1.79 bits per heavy atom. The second-order valence-corrected chi connectivity index (χ2v) is 13.6. The van der Waals surface area contributed by atoms with Gasteiger partial charge in [-0.2, -0.15) is 0 Å². The summed E-state index contributed by atoms with van der Waals surface area (Å²) in [6, 6.07) is 3.52. The molecule has 0 saturated carbocycles. The normalized spacial score (nSPS) is 12.1. The van der Waals surface area contributed by atoms with Gasteiger partial charge in [-0.1, -0.05) is 0 Å². The third-order valence-corrected chi connectivity index (χ3v) is 5.72. The Labute approximate surface area is 290 Å². The summed E-state index contributed by atoms with van der Waals surface area (Å²) in [5.41, 5.74) is -0.716. The van der Waals surface area contributed by atoms with Gasteiger partial charge < -0.3 is 30.3 Å². The molecule has 0 aliphatic carbocycles. The van der Waals surface area contributed by atoms with Crippen LogP contribution in [0.1, 0.15) is 75.2 Å². The van der Waals surface area contributed by atoms with Crippen molar-refractivity contribution in [1.29, 1.82) is 0 Å². The molecule has 0 unspecified atom stereocenters. The quantitative estimate of drug-likeness (QED) is 0.117. The van der Waals surface area contributed by atoms with Crippen LogP contribution in [0.5, 0.6) is 0 Å². The second kappa shape index (κ2) is 23.1. The van der Waals surface area contributed by atoms with E-state index >= 15 is 0 Å². The molecule has 2 aromatic rings. The number of carbonyl (C=O) groups is 1. The molecule has 2 aromatic heterocycles. The molecule has 0 bridgehead atoms. The predicted molar refractivity (Wildman–Crippen MR) is 188 cm³/mol. The average Bonchev–Trinajstić information content (AvgIpc) is 3.53. The molecular formula is C31H51BCl2N8O5. The molecule has 0 aromatic carbocycles. The van der Waals surface area contributed by atoms with E-state index in [-0.39, 0.29) is 27.7 Å². The SMILES string of the molecule is C1CCOC1.CC(C)(C)NCCNc1ccnc(Cl)n1.CC(C)(C)OC(=O)N(CCNc1ccnc(Cl)n1)C(C)(C)C.O=BC#CO. The van der Waals surface area contributed by atoms with Gasteiger partial charge in [0.2, 0.25) is 10.6 Å². The molecule has 1 aliphatic heterocycles. The standard InChI is InChI=1S/C15H25ClN4O2.C10H17ClN4.C4H8O.C2HBO2/c1-14(2,3)20(13(21)22-15(4,5)6)10-9-17-11-7-8-18-12(16)19-11;1-10(2,3)14-7-6-12-8-4-5-13-9(11)15-8;1-2-4-5-3-1;4-2-1-3-5/h7-8H,9-10H2,1-6H3,(H,17,18,19);4-5,14H,6-7H2,1-3H3,(H,12,13,15);1-4H2;4H. The van der Waals surface area contributed by atoms with E-state index in [9.17, 15) is 4.79 Å². The molecule has 0 spiro atoms. The Morgan fingerprint density at radius 1 is 0.936 bits per heavy atom. The summed E-state index contributed by atoms with van der Waals surface area (Å²) in [6.07, 6.45) is 6.83. The summed E-state index contributed by atoms with van der Waals surface area (Å²) in [6.45, 7) is 22.6. The minimum absolute atomic E-state index is 0.144. The number of halogens is 2. The molecular weight excluding hydrogens is 646 g/mol. The van der Waals surface area contributed by atoms with Gasteiger partial charge in [-0.3, -0.25) is 0 Å². The molecule has 47 heavy (non-hydrogen) atoms. The number of rotatable bonds is 8. The summed E-state index contributed by atoms with van der Waals surface area (Å²) in [5.74, 6) is 3.11. The maximum atomic E-state index is 12.3. The van der Waals surface area contributed by atoms with Crippen LogP contribution in [0.25, 0.3) is 0 Å². The molecule has 1 fully saturated rings. The summed E-state index contributed by atoms with van der Waals surface area (Å²) in [4.78, 5) is 29.7. The van der Waals surface area contributed by atoms with Crippen LogP contribution < -0.4 is 16.0 Å². The molecule has 4 N–H and O–H groups in total. The number of amides is 1. The van der Waals surface area contributed by atoms with Crippen molar-refractivity contribution >= 4 is 48.1 Å². The molecule has 13 nitrogen and oxygen atoms in total. The van der Waals surface area contributed by atoms with Gasteiger partial charge in [0.05, 0.1) is 0 Å². The number of anilines is 2. The summed E-state index contributed by atoms with van der Waals surface area (Å²) in [7, 11) is 0.319. The topological polar surface area (TPSA) is 164 Å². The zero-order chi connectivity index (χ0) is 35.9. The molecule has 0 atom stereocenters. The van der Waals surface area contributed by atoms with Crippen LogP contribution in [0.2, 0.25) is 10.6 Å². The number of aliphatic hydroxyl groups excluding tert-OH is 1.